The first-order valence-corrected chi connectivity index (χ1v) is 8.82. The fourth-order valence-electron chi connectivity index (χ4n) is 2.24. The van der Waals surface area contributed by atoms with Crippen molar-refractivity contribution in [3.8, 4) is 0 Å². The molecule has 0 radical (unpaired) electrons. The van der Waals surface area contributed by atoms with Gasteiger partial charge in [0, 0.05) is 15.5 Å². The molecule has 3 rings (SSSR count). The van der Waals surface area contributed by atoms with Crippen LogP contribution >= 0.6 is 22.9 Å². The number of aromatic nitrogens is 2. The minimum atomic E-state index is -0.419. The first-order chi connectivity index (χ1) is 12.1. The minimum absolute atomic E-state index is 0.154. The lowest BCUT2D eigenvalue weighted by atomic mass is 10.2. The van der Waals surface area contributed by atoms with E-state index < -0.39 is 5.91 Å². The third-order valence-corrected chi connectivity index (χ3v) is 5.06. The topological polar surface area (TPSA) is 76.3 Å². The highest BCUT2D eigenvalue weighted by Crippen LogP contribution is 2.20. The van der Waals surface area contributed by atoms with Crippen molar-refractivity contribution < 1.29 is 4.79 Å². The lowest BCUT2D eigenvalue weighted by Gasteiger charge is -2.03. The zero-order valence-corrected chi connectivity index (χ0v) is 15.0. The number of carbonyl (C=O) groups excluding carboxylic acids is 1. The van der Waals surface area contributed by atoms with Crippen LogP contribution in [0.5, 0.6) is 0 Å². The molecule has 1 aromatic carbocycles. The van der Waals surface area contributed by atoms with Gasteiger partial charge in [-0.05, 0) is 18.6 Å². The Kier molecular flexibility index (Phi) is 5.25. The van der Waals surface area contributed by atoms with Crippen LogP contribution < -0.4 is 11.0 Å². The van der Waals surface area contributed by atoms with Gasteiger partial charge in [-0.3, -0.25) is 14.2 Å². The summed E-state index contributed by atoms with van der Waals surface area (Å²) in [5.41, 5.74) is 2.84. The quantitative estimate of drug-likeness (QED) is 0.551. The number of hydrogen-bond acceptors (Lipinski definition) is 5. The van der Waals surface area contributed by atoms with E-state index in [1.165, 1.54) is 28.4 Å². The average molecular weight is 375 g/mol. The van der Waals surface area contributed by atoms with Crippen LogP contribution in [0.25, 0.3) is 10.2 Å². The van der Waals surface area contributed by atoms with Gasteiger partial charge in [-0.2, -0.15) is 5.10 Å². The van der Waals surface area contributed by atoms with Crippen LogP contribution in [0.1, 0.15) is 17.4 Å². The van der Waals surface area contributed by atoms with E-state index in [1.807, 2.05) is 25.1 Å². The van der Waals surface area contributed by atoms with Crippen molar-refractivity contribution in [3.63, 3.8) is 0 Å². The minimum Gasteiger partial charge on any atom is -0.289 e. The molecule has 0 spiro atoms. The summed E-state index contributed by atoms with van der Waals surface area (Å²) in [6.45, 7) is 1.87. The largest absolute Gasteiger partial charge is 0.289 e. The van der Waals surface area contributed by atoms with Gasteiger partial charge in [0.2, 0.25) is 0 Å². The van der Waals surface area contributed by atoms with Crippen molar-refractivity contribution in [1.29, 1.82) is 0 Å². The maximum Gasteiger partial charge on any atom is 0.262 e. The van der Waals surface area contributed by atoms with Crippen molar-refractivity contribution in [2.45, 2.75) is 19.9 Å². The lowest BCUT2D eigenvalue weighted by Crippen LogP contribution is -2.29. The molecule has 0 atom stereocenters. The van der Waals surface area contributed by atoms with Gasteiger partial charge < -0.3 is 0 Å². The van der Waals surface area contributed by atoms with E-state index in [4.69, 9.17) is 11.6 Å². The number of hydrazone groups is 1. The molecular formula is C17H15ClN4O2S. The van der Waals surface area contributed by atoms with Gasteiger partial charge in [0.05, 0.1) is 17.9 Å². The summed E-state index contributed by atoms with van der Waals surface area (Å²) in [5, 5.41) is 4.94. The molecule has 2 heterocycles. The van der Waals surface area contributed by atoms with E-state index in [1.54, 1.807) is 12.1 Å². The molecule has 25 heavy (non-hydrogen) atoms. The van der Waals surface area contributed by atoms with Crippen LogP contribution in [0.15, 0.2) is 46.6 Å². The zero-order chi connectivity index (χ0) is 17.8. The first kappa shape index (κ1) is 17.3. The molecule has 0 unspecified atom stereocenters. The Bertz CT molecular complexity index is 1010. The van der Waals surface area contributed by atoms with Gasteiger partial charge in [0.15, 0.2) is 0 Å². The molecule has 1 amide bonds. The summed E-state index contributed by atoms with van der Waals surface area (Å²) in [4.78, 5) is 30.4. The Balaban J connectivity index is 1.71. The molecule has 0 saturated heterocycles. The van der Waals surface area contributed by atoms with Gasteiger partial charge in [-0.15, -0.1) is 11.3 Å². The predicted octanol–water partition coefficient (Wildman–Crippen LogP) is 2.82. The Morgan fingerprint density at radius 2 is 2.24 bits per heavy atom. The number of fused-ring (bicyclic) bond motifs is 1. The summed E-state index contributed by atoms with van der Waals surface area (Å²) in [7, 11) is 0. The van der Waals surface area contributed by atoms with E-state index in [9.17, 15) is 9.59 Å². The van der Waals surface area contributed by atoms with Crippen LogP contribution in [0.4, 0.5) is 0 Å². The third-order valence-electron chi connectivity index (χ3n) is 3.53. The van der Waals surface area contributed by atoms with Crippen LogP contribution in [0.2, 0.25) is 5.02 Å². The summed E-state index contributed by atoms with van der Waals surface area (Å²) in [6, 6.07) is 8.97. The van der Waals surface area contributed by atoms with E-state index in [-0.39, 0.29) is 12.1 Å². The SMILES string of the molecule is CCc1cc2c(=O)n(CC(=O)N/N=C/c3ccccc3Cl)cnc2s1. The molecule has 0 aliphatic heterocycles. The Labute approximate surface area is 152 Å². The van der Waals surface area contributed by atoms with Crippen molar-refractivity contribution in [2.75, 3.05) is 0 Å². The number of amides is 1. The van der Waals surface area contributed by atoms with E-state index in [2.05, 4.69) is 15.5 Å². The molecule has 1 N–H and O–H groups in total. The standard InChI is InChI=1S/C17H15ClN4O2S/c1-2-12-7-13-16(25-12)19-10-22(17(13)24)9-15(23)21-20-8-11-5-3-4-6-14(11)18/h3-8,10H,2,9H2,1H3,(H,21,23)/b20-8+. The summed E-state index contributed by atoms with van der Waals surface area (Å²) < 4.78 is 1.27. The predicted molar refractivity (Wildman–Crippen MR) is 100 cm³/mol. The normalized spacial score (nSPS) is 11.3. The number of nitrogens with zero attached hydrogens (tertiary/aromatic N) is 3. The van der Waals surface area contributed by atoms with Crippen molar-refractivity contribution in [2.24, 2.45) is 5.10 Å². The van der Waals surface area contributed by atoms with Crippen molar-refractivity contribution >= 4 is 45.3 Å². The number of benzene rings is 1. The number of rotatable bonds is 5. The van der Waals surface area contributed by atoms with Gasteiger partial charge in [-0.25, -0.2) is 10.4 Å². The molecular weight excluding hydrogens is 360 g/mol. The molecule has 6 nitrogen and oxygen atoms in total. The second-order valence-corrected chi connectivity index (χ2v) is 6.80. The Morgan fingerprint density at radius 3 is 3.00 bits per heavy atom. The number of carbonyl (C=O) groups is 1. The summed E-state index contributed by atoms with van der Waals surface area (Å²) in [5.74, 6) is -0.419. The summed E-state index contributed by atoms with van der Waals surface area (Å²) >= 11 is 7.49. The number of nitrogens with one attached hydrogen (secondary N) is 1. The number of aryl methyl sites for hydroxylation is 1. The monoisotopic (exact) mass is 374 g/mol. The molecule has 0 bridgehead atoms. The molecule has 128 valence electrons. The van der Waals surface area contributed by atoms with Crippen LogP contribution in [-0.2, 0) is 17.8 Å². The van der Waals surface area contributed by atoms with E-state index in [0.717, 1.165) is 11.3 Å². The van der Waals surface area contributed by atoms with Gasteiger partial charge in [0.1, 0.15) is 11.4 Å². The highest BCUT2D eigenvalue weighted by Gasteiger charge is 2.10. The molecule has 0 aliphatic carbocycles. The molecule has 0 fully saturated rings. The fourth-order valence-corrected chi connectivity index (χ4v) is 3.35. The van der Waals surface area contributed by atoms with Crippen molar-refractivity contribution in [3.05, 3.63) is 62.5 Å². The van der Waals surface area contributed by atoms with Gasteiger partial charge in [-0.1, -0.05) is 36.7 Å². The zero-order valence-electron chi connectivity index (χ0n) is 13.4. The van der Waals surface area contributed by atoms with Crippen LogP contribution in [-0.4, -0.2) is 21.7 Å². The lowest BCUT2D eigenvalue weighted by molar-refractivity contribution is -0.121. The summed E-state index contributed by atoms with van der Waals surface area (Å²) in [6.07, 6.45) is 3.69. The van der Waals surface area contributed by atoms with Gasteiger partial charge >= 0.3 is 0 Å². The second-order valence-electron chi connectivity index (χ2n) is 5.28. The highest BCUT2D eigenvalue weighted by molar-refractivity contribution is 7.18. The number of hydrogen-bond donors (Lipinski definition) is 1. The first-order valence-electron chi connectivity index (χ1n) is 7.62. The molecule has 0 saturated carbocycles. The van der Waals surface area contributed by atoms with E-state index in [0.29, 0.717) is 20.8 Å². The average Bonchev–Trinajstić information content (AvgIpc) is 3.03. The van der Waals surface area contributed by atoms with Crippen LogP contribution in [0, 0.1) is 0 Å². The highest BCUT2D eigenvalue weighted by atomic mass is 35.5. The number of halogens is 1. The van der Waals surface area contributed by atoms with E-state index >= 15 is 0 Å². The maximum absolute atomic E-state index is 12.4. The molecule has 2 aromatic heterocycles. The second kappa shape index (κ2) is 7.58. The Hall–Kier alpha value is -2.51. The maximum atomic E-state index is 12.4. The molecule has 8 heteroatoms. The Morgan fingerprint density at radius 1 is 1.44 bits per heavy atom. The van der Waals surface area contributed by atoms with Gasteiger partial charge in [0.25, 0.3) is 11.5 Å². The van der Waals surface area contributed by atoms with Crippen molar-refractivity contribution in [1.82, 2.24) is 15.0 Å². The smallest absolute Gasteiger partial charge is 0.262 e. The molecule has 0 aliphatic rings. The van der Waals surface area contributed by atoms with Crippen LogP contribution in [0.3, 0.4) is 0 Å². The third kappa shape index (κ3) is 3.94. The molecule has 3 aromatic rings. The number of thiophene rings is 1. The fraction of sp³-hybridized carbons (Fsp3) is 0.176.